The first-order valence-electron chi connectivity index (χ1n) is 15.4. The molecule has 1 aliphatic rings. The molecule has 3 heterocycles. The Morgan fingerprint density at radius 1 is 1.02 bits per heavy atom. The first-order chi connectivity index (χ1) is 22.2. The standard InChI is InChI=1S/C35H40N6O5S/c1-22-13-14-36-26(15-22)19-37-30(42)20-41-27(18-35(4,5)6)21-46-31-17-29(32-23(2)9-7-10-24(32)3)38-34(39-31)40-47(44,45)28-12-8-11-25(16-28)33(41)43/h7-17,27H,18-21H2,1-6H3,(H,37,42)(H,38,39,40)/t27-/m1/s1. The van der Waals surface area contributed by atoms with Crippen LogP contribution in [0, 0.1) is 26.2 Å². The summed E-state index contributed by atoms with van der Waals surface area (Å²) in [4.78, 5) is 42.2. The van der Waals surface area contributed by atoms with Crippen molar-refractivity contribution in [1.82, 2.24) is 25.2 Å². The predicted octanol–water partition coefficient (Wildman–Crippen LogP) is 5.22. The van der Waals surface area contributed by atoms with Gasteiger partial charge in [-0.2, -0.15) is 4.98 Å². The van der Waals surface area contributed by atoms with E-state index in [1.54, 1.807) is 12.3 Å². The first kappa shape index (κ1) is 33.5. The third kappa shape index (κ3) is 8.31. The average molecular weight is 657 g/mol. The Balaban J connectivity index is 1.58. The third-order valence-electron chi connectivity index (χ3n) is 7.78. The summed E-state index contributed by atoms with van der Waals surface area (Å²) in [6.45, 7) is 11.9. The van der Waals surface area contributed by atoms with Gasteiger partial charge in [-0.05, 0) is 79.6 Å². The third-order valence-corrected chi connectivity index (χ3v) is 9.11. The zero-order valence-electron chi connectivity index (χ0n) is 27.5. The quantitative estimate of drug-likeness (QED) is 0.288. The molecule has 12 heteroatoms. The van der Waals surface area contributed by atoms with Gasteiger partial charge in [-0.3, -0.25) is 14.6 Å². The lowest BCUT2D eigenvalue weighted by Gasteiger charge is -2.35. The van der Waals surface area contributed by atoms with Crippen molar-refractivity contribution in [2.24, 2.45) is 5.41 Å². The molecule has 47 heavy (non-hydrogen) atoms. The van der Waals surface area contributed by atoms with Crippen molar-refractivity contribution in [3.05, 3.63) is 94.8 Å². The number of carbonyl (C=O) groups excluding carboxylic acids is 2. The van der Waals surface area contributed by atoms with E-state index in [4.69, 9.17) is 4.74 Å². The van der Waals surface area contributed by atoms with Gasteiger partial charge in [-0.1, -0.05) is 45.0 Å². The van der Waals surface area contributed by atoms with E-state index in [0.29, 0.717) is 17.8 Å². The van der Waals surface area contributed by atoms with Crippen LogP contribution in [0.25, 0.3) is 11.3 Å². The second-order valence-electron chi connectivity index (χ2n) is 13.1. The molecule has 4 bridgehead atoms. The molecular formula is C35H40N6O5S. The highest BCUT2D eigenvalue weighted by atomic mass is 32.2. The van der Waals surface area contributed by atoms with Gasteiger partial charge in [0.2, 0.25) is 17.7 Å². The Kier molecular flexibility index (Phi) is 9.62. The first-order valence-corrected chi connectivity index (χ1v) is 16.9. The van der Waals surface area contributed by atoms with Crippen LogP contribution in [0.15, 0.2) is 71.8 Å². The molecule has 0 radical (unpaired) electrons. The molecule has 0 fully saturated rings. The number of hydrogen-bond acceptors (Lipinski definition) is 8. The van der Waals surface area contributed by atoms with Crippen LogP contribution in [0.5, 0.6) is 5.88 Å². The van der Waals surface area contributed by atoms with Crippen LogP contribution in [-0.4, -0.2) is 59.3 Å². The molecule has 1 atom stereocenters. The molecule has 0 aliphatic carbocycles. The molecule has 2 aromatic heterocycles. The molecule has 0 saturated heterocycles. The number of aryl methyl sites for hydroxylation is 3. The van der Waals surface area contributed by atoms with Gasteiger partial charge in [0.1, 0.15) is 13.2 Å². The maximum Gasteiger partial charge on any atom is 0.264 e. The fraction of sp³-hybridized carbons (Fsp3) is 0.343. The Morgan fingerprint density at radius 2 is 1.74 bits per heavy atom. The molecular weight excluding hydrogens is 616 g/mol. The topological polar surface area (TPSA) is 143 Å². The molecule has 246 valence electrons. The van der Waals surface area contributed by atoms with E-state index in [0.717, 1.165) is 22.3 Å². The van der Waals surface area contributed by atoms with Crippen LogP contribution >= 0.6 is 0 Å². The molecule has 0 spiro atoms. The van der Waals surface area contributed by atoms with Gasteiger partial charge in [-0.15, -0.1) is 0 Å². The molecule has 4 aromatic rings. The number of fused-ring (bicyclic) bond motifs is 4. The summed E-state index contributed by atoms with van der Waals surface area (Å²) in [7, 11) is -4.21. The van der Waals surface area contributed by atoms with Crippen molar-refractivity contribution in [2.75, 3.05) is 17.9 Å². The second-order valence-corrected chi connectivity index (χ2v) is 14.8. The average Bonchev–Trinajstić information content (AvgIpc) is 2.99. The van der Waals surface area contributed by atoms with Crippen LogP contribution in [-0.2, 0) is 21.4 Å². The highest BCUT2D eigenvalue weighted by Crippen LogP contribution is 2.31. The largest absolute Gasteiger partial charge is 0.475 e. The summed E-state index contributed by atoms with van der Waals surface area (Å²) in [5.41, 5.74) is 4.75. The number of anilines is 1. The van der Waals surface area contributed by atoms with Gasteiger partial charge in [0.15, 0.2) is 0 Å². The number of aromatic nitrogens is 3. The fourth-order valence-electron chi connectivity index (χ4n) is 5.64. The van der Waals surface area contributed by atoms with E-state index in [1.807, 2.05) is 71.9 Å². The predicted molar refractivity (Wildman–Crippen MR) is 179 cm³/mol. The number of hydrogen-bond donors (Lipinski definition) is 2. The van der Waals surface area contributed by atoms with Crippen LogP contribution in [0.1, 0.15) is 59.9 Å². The molecule has 5 rings (SSSR count). The summed E-state index contributed by atoms with van der Waals surface area (Å²) in [5.74, 6) is -0.930. The minimum Gasteiger partial charge on any atom is -0.475 e. The van der Waals surface area contributed by atoms with Crippen molar-refractivity contribution < 1.29 is 22.7 Å². The fourth-order valence-corrected chi connectivity index (χ4v) is 6.63. The summed E-state index contributed by atoms with van der Waals surface area (Å²) in [5, 5.41) is 2.87. The highest BCUT2D eigenvalue weighted by Gasteiger charge is 2.32. The molecule has 2 N–H and O–H groups in total. The zero-order valence-corrected chi connectivity index (χ0v) is 28.3. The number of amides is 2. The van der Waals surface area contributed by atoms with Gasteiger partial charge in [0, 0.05) is 23.4 Å². The Hall–Kier alpha value is -4.84. The monoisotopic (exact) mass is 656 g/mol. The van der Waals surface area contributed by atoms with Crippen molar-refractivity contribution in [2.45, 2.75) is 65.4 Å². The van der Waals surface area contributed by atoms with Crippen LogP contribution < -0.4 is 14.8 Å². The van der Waals surface area contributed by atoms with E-state index in [9.17, 15) is 18.0 Å². The van der Waals surface area contributed by atoms with Crippen LogP contribution in [0.2, 0.25) is 0 Å². The van der Waals surface area contributed by atoms with Crippen molar-refractivity contribution in [3.63, 3.8) is 0 Å². The van der Waals surface area contributed by atoms with E-state index < -0.39 is 27.9 Å². The number of carbonyl (C=O) groups is 2. The van der Waals surface area contributed by atoms with E-state index in [2.05, 4.69) is 25.0 Å². The Labute approximate surface area is 275 Å². The second kappa shape index (κ2) is 13.5. The number of sulfonamides is 1. The number of rotatable bonds is 6. The van der Waals surface area contributed by atoms with Crippen LogP contribution in [0.4, 0.5) is 5.95 Å². The lowest BCUT2D eigenvalue weighted by molar-refractivity contribution is -0.122. The van der Waals surface area contributed by atoms with Crippen LogP contribution in [0.3, 0.4) is 0 Å². The number of pyridine rings is 1. The maximum absolute atomic E-state index is 14.2. The molecule has 0 unspecified atom stereocenters. The normalized spacial score (nSPS) is 16.2. The van der Waals surface area contributed by atoms with E-state index in [1.165, 1.54) is 29.2 Å². The number of nitrogens with one attached hydrogen (secondary N) is 2. The van der Waals surface area contributed by atoms with Gasteiger partial charge in [0.05, 0.1) is 28.9 Å². The molecule has 2 amide bonds. The smallest absolute Gasteiger partial charge is 0.264 e. The van der Waals surface area contributed by atoms with Gasteiger partial charge < -0.3 is 15.0 Å². The van der Waals surface area contributed by atoms with Gasteiger partial charge in [-0.25, -0.2) is 18.1 Å². The molecule has 0 saturated carbocycles. The SMILES string of the molecule is Cc1ccnc(CNC(=O)CN2C(=O)c3cccc(c3)S(=O)(=O)Nc3nc(cc(-c4c(C)cccc4C)n3)OC[C@H]2CC(C)(C)C)c1. The summed E-state index contributed by atoms with van der Waals surface area (Å²) < 4.78 is 35.9. The molecule has 11 nitrogen and oxygen atoms in total. The maximum atomic E-state index is 14.2. The van der Waals surface area contributed by atoms with Crippen molar-refractivity contribution in [1.29, 1.82) is 0 Å². The Bertz CT molecular complexity index is 1900. The number of nitrogens with zero attached hydrogens (tertiary/aromatic N) is 4. The van der Waals surface area contributed by atoms with Crippen molar-refractivity contribution in [3.8, 4) is 17.1 Å². The highest BCUT2D eigenvalue weighted by molar-refractivity contribution is 7.92. The minimum absolute atomic E-state index is 0.00911. The zero-order chi connectivity index (χ0) is 33.9. The number of ether oxygens (including phenoxy) is 1. The number of benzene rings is 2. The van der Waals surface area contributed by atoms with E-state index in [-0.39, 0.29) is 47.4 Å². The summed E-state index contributed by atoms with van der Waals surface area (Å²) in [6, 6.07) is 16.4. The minimum atomic E-state index is -4.21. The van der Waals surface area contributed by atoms with Gasteiger partial charge >= 0.3 is 0 Å². The van der Waals surface area contributed by atoms with Crippen molar-refractivity contribution >= 4 is 27.8 Å². The van der Waals surface area contributed by atoms with Gasteiger partial charge in [0.25, 0.3) is 15.9 Å². The Morgan fingerprint density at radius 3 is 2.45 bits per heavy atom. The lowest BCUT2D eigenvalue weighted by atomic mass is 9.87. The van der Waals surface area contributed by atoms with E-state index >= 15 is 0 Å². The molecule has 1 aliphatic heterocycles. The summed E-state index contributed by atoms with van der Waals surface area (Å²) >= 11 is 0. The summed E-state index contributed by atoms with van der Waals surface area (Å²) in [6.07, 6.45) is 2.15. The lowest BCUT2D eigenvalue weighted by Crippen LogP contribution is -2.50. The molecule has 2 aromatic carbocycles.